The lowest BCUT2D eigenvalue weighted by atomic mass is 9.96. The second-order valence-corrected chi connectivity index (χ2v) is 8.72. The minimum atomic E-state index is -3.26. The first-order valence-electron chi connectivity index (χ1n) is 8.95. The van der Waals surface area contributed by atoms with E-state index in [0.29, 0.717) is 32.5 Å². The number of hydrogen-bond acceptors (Lipinski definition) is 4. The van der Waals surface area contributed by atoms with Crippen LogP contribution >= 0.6 is 0 Å². The van der Waals surface area contributed by atoms with Crippen molar-refractivity contribution in [3.63, 3.8) is 0 Å². The zero-order valence-corrected chi connectivity index (χ0v) is 15.4. The molecule has 6 nitrogen and oxygen atoms in total. The Hall–Kier alpha value is -0.920. The van der Waals surface area contributed by atoms with E-state index in [9.17, 15) is 13.2 Å². The third-order valence-electron chi connectivity index (χ3n) is 4.89. The van der Waals surface area contributed by atoms with Crippen molar-refractivity contribution in [1.82, 2.24) is 9.62 Å². The molecule has 2 aliphatic rings. The molecule has 1 fully saturated rings. The van der Waals surface area contributed by atoms with Crippen LogP contribution in [0, 0.1) is 5.92 Å². The fourth-order valence-corrected chi connectivity index (χ4v) is 4.74. The monoisotopic (exact) mass is 358 g/mol. The highest BCUT2D eigenvalue weighted by atomic mass is 32.2. The van der Waals surface area contributed by atoms with E-state index < -0.39 is 10.0 Å². The molecule has 0 radical (unpaired) electrons. The van der Waals surface area contributed by atoms with Crippen molar-refractivity contribution >= 4 is 15.9 Å². The lowest BCUT2D eigenvalue weighted by molar-refractivity contribution is -0.126. The summed E-state index contributed by atoms with van der Waals surface area (Å²) in [5, 5.41) is 3.02. The van der Waals surface area contributed by atoms with E-state index in [4.69, 9.17) is 4.74 Å². The summed E-state index contributed by atoms with van der Waals surface area (Å²) in [5.41, 5.74) is 1.46. The number of carbonyl (C=O) groups excluding carboxylic acids is 1. The van der Waals surface area contributed by atoms with Crippen molar-refractivity contribution < 1.29 is 17.9 Å². The van der Waals surface area contributed by atoms with Crippen LogP contribution in [0.5, 0.6) is 0 Å². The molecule has 2 rings (SSSR count). The van der Waals surface area contributed by atoms with Gasteiger partial charge in [0, 0.05) is 32.7 Å². The van der Waals surface area contributed by atoms with Gasteiger partial charge in [0.2, 0.25) is 15.9 Å². The minimum Gasteiger partial charge on any atom is -0.384 e. The van der Waals surface area contributed by atoms with Crippen molar-refractivity contribution in [2.24, 2.45) is 5.92 Å². The van der Waals surface area contributed by atoms with Gasteiger partial charge in [0.05, 0.1) is 12.4 Å². The average Bonchev–Trinajstić information content (AvgIpc) is 2.61. The molecular weight excluding hydrogens is 328 g/mol. The number of piperidine rings is 1. The molecule has 24 heavy (non-hydrogen) atoms. The van der Waals surface area contributed by atoms with E-state index in [1.165, 1.54) is 36.3 Å². The van der Waals surface area contributed by atoms with E-state index in [-0.39, 0.29) is 24.2 Å². The van der Waals surface area contributed by atoms with Gasteiger partial charge >= 0.3 is 0 Å². The highest BCUT2D eigenvalue weighted by Gasteiger charge is 2.30. The molecule has 0 unspecified atom stereocenters. The van der Waals surface area contributed by atoms with Crippen LogP contribution in [0.15, 0.2) is 11.6 Å². The van der Waals surface area contributed by atoms with Crippen molar-refractivity contribution in [1.29, 1.82) is 0 Å². The number of sulfonamides is 1. The molecule has 1 aliphatic carbocycles. The highest BCUT2D eigenvalue weighted by molar-refractivity contribution is 7.89. The Morgan fingerprint density at radius 1 is 1.33 bits per heavy atom. The predicted octanol–water partition coefficient (Wildman–Crippen LogP) is 1.68. The molecule has 0 saturated carbocycles. The van der Waals surface area contributed by atoms with Gasteiger partial charge in [0.1, 0.15) is 0 Å². The first-order valence-corrected chi connectivity index (χ1v) is 10.6. The normalized spacial score (nSPS) is 20.6. The fraction of sp³-hybridized carbons (Fsp3) is 0.824. The number of nitrogens with one attached hydrogen (secondary N) is 1. The van der Waals surface area contributed by atoms with Gasteiger partial charge in [0.25, 0.3) is 0 Å². The number of amides is 1. The van der Waals surface area contributed by atoms with Gasteiger partial charge in [-0.15, -0.1) is 0 Å². The molecule has 0 aromatic heterocycles. The Balaban J connectivity index is 1.69. The summed E-state index contributed by atoms with van der Waals surface area (Å²) < 4.78 is 30.6. The van der Waals surface area contributed by atoms with Crippen LogP contribution in [0.4, 0.5) is 0 Å². The third-order valence-corrected chi connectivity index (χ3v) is 6.73. The van der Waals surface area contributed by atoms with Crippen LogP contribution in [0.3, 0.4) is 0 Å². The average molecular weight is 359 g/mol. The molecule has 0 spiro atoms. The first-order chi connectivity index (χ1) is 11.5. The van der Waals surface area contributed by atoms with Crippen LogP contribution in [0.2, 0.25) is 0 Å². The van der Waals surface area contributed by atoms with Gasteiger partial charge in [-0.2, -0.15) is 0 Å². The van der Waals surface area contributed by atoms with Gasteiger partial charge < -0.3 is 10.1 Å². The fourth-order valence-electron chi connectivity index (χ4n) is 3.34. The van der Waals surface area contributed by atoms with E-state index in [1.807, 2.05) is 0 Å². The van der Waals surface area contributed by atoms with Crippen molar-refractivity contribution in [2.45, 2.75) is 44.9 Å². The summed E-state index contributed by atoms with van der Waals surface area (Å²) in [5.74, 6) is 0.00899. The molecule has 1 heterocycles. The molecular formula is C17H30N2O4S. The number of nitrogens with zero attached hydrogens (tertiary/aromatic N) is 1. The quantitative estimate of drug-likeness (QED) is 0.670. The molecule has 0 bridgehead atoms. The summed E-state index contributed by atoms with van der Waals surface area (Å²) in [4.78, 5) is 12.2. The van der Waals surface area contributed by atoms with E-state index in [0.717, 1.165) is 12.8 Å². The minimum absolute atomic E-state index is 0.00940. The standard InChI is InChI=1S/C17H30N2O4S/c1-23-13-14-24(21,22)19-11-8-16(9-12-19)17(20)18-10-7-15-5-3-2-4-6-15/h5,16H,2-4,6-14H2,1H3,(H,18,20). The summed E-state index contributed by atoms with van der Waals surface area (Å²) in [7, 11) is -1.76. The molecule has 0 aromatic rings. The lowest BCUT2D eigenvalue weighted by Crippen LogP contribution is -2.44. The SMILES string of the molecule is COCCS(=O)(=O)N1CCC(C(=O)NCCC2=CCCCC2)CC1. The zero-order valence-electron chi connectivity index (χ0n) is 14.6. The molecule has 0 atom stereocenters. The molecule has 1 aliphatic heterocycles. The Kier molecular flexibility index (Phi) is 7.71. The van der Waals surface area contributed by atoms with Crippen LogP contribution in [0.1, 0.15) is 44.9 Å². The Morgan fingerprint density at radius 2 is 2.08 bits per heavy atom. The van der Waals surface area contributed by atoms with Gasteiger partial charge in [0.15, 0.2) is 0 Å². The number of ether oxygens (including phenoxy) is 1. The maximum atomic E-state index is 12.2. The highest BCUT2D eigenvalue weighted by Crippen LogP contribution is 2.21. The van der Waals surface area contributed by atoms with E-state index in [2.05, 4.69) is 11.4 Å². The third kappa shape index (κ3) is 5.86. The summed E-state index contributed by atoms with van der Waals surface area (Å²) in [6.07, 6.45) is 9.31. The van der Waals surface area contributed by atoms with Gasteiger partial charge in [-0.25, -0.2) is 12.7 Å². The predicted molar refractivity (Wildman–Crippen MR) is 94.1 cm³/mol. The maximum Gasteiger partial charge on any atom is 0.223 e. The van der Waals surface area contributed by atoms with Gasteiger partial charge in [-0.1, -0.05) is 11.6 Å². The van der Waals surface area contributed by atoms with Gasteiger partial charge in [-0.05, 0) is 44.9 Å². The van der Waals surface area contributed by atoms with Crippen molar-refractivity contribution in [2.75, 3.05) is 39.1 Å². The number of rotatable bonds is 8. The second kappa shape index (κ2) is 9.53. The van der Waals surface area contributed by atoms with Crippen LogP contribution in [-0.4, -0.2) is 57.7 Å². The summed E-state index contributed by atoms with van der Waals surface area (Å²) in [6, 6.07) is 0. The summed E-state index contributed by atoms with van der Waals surface area (Å²) in [6.45, 7) is 1.75. The van der Waals surface area contributed by atoms with Crippen molar-refractivity contribution in [3.05, 3.63) is 11.6 Å². The smallest absolute Gasteiger partial charge is 0.223 e. The molecule has 0 aromatic carbocycles. The van der Waals surface area contributed by atoms with Crippen LogP contribution in [-0.2, 0) is 19.6 Å². The van der Waals surface area contributed by atoms with Crippen LogP contribution in [0.25, 0.3) is 0 Å². The Bertz CT molecular complexity index is 537. The van der Waals surface area contributed by atoms with Crippen molar-refractivity contribution in [3.8, 4) is 0 Å². The number of methoxy groups -OCH3 is 1. The number of carbonyl (C=O) groups is 1. The largest absolute Gasteiger partial charge is 0.384 e. The molecule has 1 saturated heterocycles. The first kappa shape index (κ1) is 19.4. The molecule has 1 amide bonds. The Morgan fingerprint density at radius 3 is 2.71 bits per heavy atom. The number of allylic oxidation sites excluding steroid dienone is 1. The number of hydrogen-bond donors (Lipinski definition) is 1. The van der Waals surface area contributed by atoms with Crippen LogP contribution < -0.4 is 5.32 Å². The van der Waals surface area contributed by atoms with E-state index in [1.54, 1.807) is 0 Å². The topological polar surface area (TPSA) is 75.7 Å². The van der Waals surface area contributed by atoms with E-state index >= 15 is 0 Å². The second-order valence-electron chi connectivity index (χ2n) is 6.63. The molecule has 138 valence electrons. The lowest BCUT2D eigenvalue weighted by Gasteiger charge is -2.30. The summed E-state index contributed by atoms with van der Waals surface area (Å²) >= 11 is 0. The Labute approximate surface area is 145 Å². The van der Waals surface area contributed by atoms with Gasteiger partial charge in [-0.3, -0.25) is 4.79 Å². The zero-order chi connectivity index (χ0) is 17.4. The molecule has 7 heteroatoms. The maximum absolute atomic E-state index is 12.2. The molecule has 1 N–H and O–H groups in total.